The molecule has 3 aromatic rings. The summed E-state index contributed by atoms with van der Waals surface area (Å²) in [6, 6.07) is 14.1. The van der Waals surface area contributed by atoms with Crippen LogP contribution < -0.4 is 5.32 Å². The van der Waals surface area contributed by atoms with Crippen LogP contribution in [0.1, 0.15) is 31.2 Å². The molecule has 6 heteroatoms. The normalized spacial score (nSPS) is 19.8. The van der Waals surface area contributed by atoms with Gasteiger partial charge < -0.3 is 10.4 Å². The van der Waals surface area contributed by atoms with Gasteiger partial charge in [-0.15, -0.1) is 11.3 Å². The molecule has 28 heavy (non-hydrogen) atoms. The third-order valence-corrected chi connectivity index (χ3v) is 5.85. The van der Waals surface area contributed by atoms with Crippen molar-refractivity contribution in [1.82, 2.24) is 15.1 Å². The van der Waals surface area contributed by atoms with Gasteiger partial charge in [0.25, 0.3) is 0 Å². The fourth-order valence-corrected chi connectivity index (χ4v) is 4.19. The van der Waals surface area contributed by atoms with Gasteiger partial charge in [0.05, 0.1) is 16.7 Å². The highest BCUT2D eigenvalue weighted by Crippen LogP contribution is 2.28. The molecule has 0 spiro atoms. The summed E-state index contributed by atoms with van der Waals surface area (Å²) in [7, 11) is 0. The molecule has 1 saturated carbocycles. The maximum Gasteiger partial charge on any atom is 0.244 e. The third kappa shape index (κ3) is 4.40. The van der Waals surface area contributed by atoms with Crippen molar-refractivity contribution >= 4 is 23.3 Å². The lowest BCUT2D eigenvalue weighted by atomic mass is 9.93. The number of thiophene rings is 1. The van der Waals surface area contributed by atoms with E-state index in [0.29, 0.717) is 0 Å². The summed E-state index contributed by atoms with van der Waals surface area (Å²) in [4.78, 5) is 13.4. The summed E-state index contributed by atoms with van der Waals surface area (Å²) in [6.07, 6.45) is 8.29. The number of hydrogen-bond donors (Lipinski definition) is 2. The average molecular weight is 394 g/mol. The van der Waals surface area contributed by atoms with Gasteiger partial charge in [-0.25, -0.2) is 4.68 Å². The Morgan fingerprint density at radius 2 is 1.93 bits per heavy atom. The minimum atomic E-state index is -0.221. The Bertz CT molecular complexity index is 940. The van der Waals surface area contributed by atoms with Gasteiger partial charge in [0.1, 0.15) is 5.69 Å². The van der Waals surface area contributed by atoms with Gasteiger partial charge in [0.15, 0.2) is 0 Å². The van der Waals surface area contributed by atoms with Crippen molar-refractivity contribution in [1.29, 1.82) is 0 Å². The number of aliphatic hydroxyl groups excluding tert-OH is 1. The Kier molecular flexibility index (Phi) is 5.69. The maximum absolute atomic E-state index is 12.4. The molecule has 0 aliphatic heterocycles. The number of aromatic nitrogens is 2. The van der Waals surface area contributed by atoms with Crippen molar-refractivity contribution in [2.24, 2.45) is 0 Å². The van der Waals surface area contributed by atoms with E-state index in [-0.39, 0.29) is 18.1 Å². The number of aliphatic hydroxyl groups is 1. The van der Waals surface area contributed by atoms with Crippen LogP contribution in [0.3, 0.4) is 0 Å². The van der Waals surface area contributed by atoms with Crippen molar-refractivity contribution in [2.45, 2.75) is 37.8 Å². The van der Waals surface area contributed by atoms with Crippen LogP contribution in [0.25, 0.3) is 22.3 Å². The predicted octanol–water partition coefficient (Wildman–Crippen LogP) is 4.03. The monoisotopic (exact) mass is 393 g/mol. The summed E-state index contributed by atoms with van der Waals surface area (Å²) < 4.78 is 1.84. The molecule has 2 aromatic heterocycles. The lowest BCUT2D eigenvalue weighted by molar-refractivity contribution is -0.117. The number of benzene rings is 1. The molecule has 1 aliphatic carbocycles. The van der Waals surface area contributed by atoms with E-state index in [1.165, 1.54) is 0 Å². The Labute approximate surface area is 168 Å². The van der Waals surface area contributed by atoms with Crippen LogP contribution in [0.15, 0.2) is 60.1 Å². The smallest absolute Gasteiger partial charge is 0.244 e. The molecule has 5 nitrogen and oxygen atoms in total. The minimum absolute atomic E-state index is 0.106. The highest BCUT2D eigenvalue weighted by atomic mass is 32.1. The summed E-state index contributed by atoms with van der Waals surface area (Å²) in [5.41, 5.74) is 2.74. The first-order valence-corrected chi connectivity index (χ1v) is 10.4. The molecule has 1 aromatic carbocycles. The second-order valence-corrected chi connectivity index (χ2v) is 7.99. The average Bonchev–Trinajstić information content (AvgIpc) is 3.38. The van der Waals surface area contributed by atoms with Gasteiger partial charge in [0, 0.05) is 23.9 Å². The van der Waals surface area contributed by atoms with Crippen LogP contribution in [0, 0.1) is 0 Å². The fourth-order valence-electron chi connectivity index (χ4n) is 3.46. The molecule has 1 amide bonds. The summed E-state index contributed by atoms with van der Waals surface area (Å²) in [5, 5.41) is 19.4. The van der Waals surface area contributed by atoms with Gasteiger partial charge in [-0.3, -0.25) is 4.79 Å². The van der Waals surface area contributed by atoms with Gasteiger partial charge in [-0.1, -0.05) is 24.3 Å². The largest absolute Gasteiger partial charge is 0.393 e. The van der Waals surface area contributed by atoms with E-state index in [1.54, 1.807) is 17.4 Å². The minimum Gasteiger partial charge on any atom is -0.393 e. The predicted molar refractivity (Wildman–Crippen MR) is 112 cm³/mol. The quantitative estimate of drug-likeness (QED) is 0.643. The standard InChI is InChI=1S/C22H23N3O2S/c26-19-11-9-17(10-12-19)23-21(27)13-8-16-15-25(18-5-2-1-3-6-18)24-22(16)20-7-4-14-28-20/h1-8,13-15,17,19,26H,9-12H2,(H,23,27)/b13-8+. The highest BCUT2D eigenvalue weighted by molar-refractivity contribution is 7.13. The van der Waals surface area contributed by atoms with E-state index in [4.69, 9.17) is 5.10 Å². The number of hydrogen-bond acceptors (Lipinski definition) is 4. The molecule has 1 fully saturated rings. The number of carbonyl (C=O) groups excluding carboxylic acids is 1. The summed E-state index contributed by atoms with van der Waals surface area (Å²) >= 11 is 1.63. The molecule has 0 atom stereocenters. The van der Waals surface area contributed by atoms with E-state index in [1.807, 2.05) is 64.8 Å². The van der Waals surface area contributed by atoms with E-state index in [0.717, 1.165) is 47.5 Å². The van der Waals surface area contributed by atoms with E-state index in [9.17, 15) is 9.90 Å². The molecule has 4 rings (SSSR count). The molecule has 144 valence electrons. The van der Waals surface area contributed by atoms with Crippen molar-refractivity contribution in [3.63, 3.8) is 0 Å². The van der Waals surface area contributed by atoms with Gasteiger partial charge in [0.2, 0.25) is 5.91 Å². The zero-order valence-corrected chi connectivity index (χ0v) is 16.3. The highest BCUT2D eigenvalue weighted by Gasteiger charge is 2.20. The second kappa shape index (κ2) is 8.54. The molecule has 2 heterocycles. The van der Waals surface area contributed by atoms with Crippen LogP contribution in [-0.2, 0) is 4.79 Å². The molecule has 2 N–H and O–H groups in total. The summed E-state index contributed by atoms with van der Waals surface area (Å²) in [6.45, 7) is 0. The van der Waals surface area contributed by atoms with E-state index in [2.05, 4.69) is 5.32 Å². The third-order valence-electron chi connectivity index (χ3n) is 4.98. The van der Waals surface area contributed by atoms with Gasteiger partial charge in [-0.05, 0) is 55.3 Å². The first-order valence-electron chi connectivity index (χ1n) is 9.54. The molecular formula is C22H23N3O2S. The number of rotatable bonds is 5. The molecule has 1 aliphatic rings. The molecule has 0 saturated heterocycles. The number of nitrogens with one attached hydrogen (secondary N) is 1. The Morgan fingerprint density at radius 1 is 1.14 bits per heavy atom. The molecule has 0 unspecified atom stereocenters. The van der Waals surface area contributed by atoms with Crippen LogP contribution >= 0.6 is 11.3 Å². The van der Waals surface area contributed by atoms with Crippen LogP contribution in [0.5, 0.6) is 0 Å². The van der Waals surface area contributed by atoms with E-state index < -0.39 is 0 Å². The Hall–Kier alpha value is -2.70. The van der Waals surface area contributed by atoms with Crippen LogP contribution in [0.4, 0.5) is 0 Å². The summed E-state index contributed by atoms with van der Waals surface area (Å²) in [5.74, 6) is -0.106. The lowest BCUT2D eigenvalue weighted by Crippen LogP contribution is -2.37. The molecular weight excluding hydrogens is 370 g/mol. The SMILES string of the molecule is O=C(/C=C/c1cn(-c2ccccc2)nc1-c1cccs1)NC1CCC(O)CC1. The second-order valence-electron chi connectivity index (χ2n) is 7.04. The van der Waals surface area contributed by atoms with Crippen molar-refractivity contribution < 1.29 is 9.90 Å². The van der Waals surface area contributed by atoms with Gasteiger partial charge in [-0.2, -0.15) is 5.10 Å². The van der Waals surface area contributed by atoms with Crippen LogP contribution in [0.2, 0.25) is 0 Å². The lowest BCUT2D eigenvalue weighted by Gasteiger charge is -2.25. The number of para-hydroxylation sites is 1. The van der Waals surface area contributed by atoms with Crippen molar-refractivity contribution in [3.05, 3.63) is 65.7 Å². The molecule has 0 radical (unpaired) electrons. The topological polar surface area (TPSA) is 67.2 Å². The Morgan fingerprint density at radius 3 is 2.64 bits per heavy atom. The van der Waals surface area contributed by atoms with Crippen LogP contribution in [-0.4, -0.2) is 32.9 Å². The van der Waals surface area contributed by atoms with Crippen molar-refractivity contribution in [2.75, 3.05) is 0 Å². The number of amides is 1. The van der Waals surface area contributed by atoms with Crippen molar-refractivity contribution in [3.8, 4) is 16.3 Å². The fraction of sp³-hybridized carbons (Fsp3) is 0.273. The Balaban J connectivity index is 1.53. The number of carbonyl (C=O) groups is 1. The van der Waals surface area contributed by atoms with Gasteiger partial charge >= 0.3 is 0 Å². The molecule has 0 bridgehead atoms. The zero-order chi connectivity index (χ0) is 19.3. The first kappa shape index (κ1) is 18.7. The van der Waals surface area contributed by atoms with E-state index >= 15 is 0 Å². The zero-order valence-electron chi connectivity index (χ0n) is 15.5. The number of nitrogens with zero attached hydrogens (tertiary/aromatic N) is 2. The first-order chi connectivity index (χ1) is 13.7. The maximum atomic E-state index is 12.4.